The molecule has 0 spiro atoms. The smallest absolute Gasteiger partial charge is 0.316 e. The van der Waals surface area contributed by atoms with Gasteiger partial charge in [-0.15, -0.1) is 0 Å². The fraction of sp³-hybridized carbons (Fsp3) is 0.611. The average molecular weight is 382 g/mol. The lowest BCUT2D eigenvalue weighted by atomic mass is 9.88. The maximum atomic E-state index is 12.6. The summed E-state index contributed by atoms with van der Waals surface area (Å²) in [6.07, 6.45) is 2.96. The summed E-state index contributed by atoms with van der Waals surface area (Å²) < 4.78 is 5.83. The van der Waals surface area contributed by atoms with E-state index in [4.69, 9.17) is 4.74 Å². The van der Waals surface area contributed by atoms with Gasteiger partial charge in [0.05, 0.1) is 11.4 Å². The molecule has 2 aliphatic heterocycles. The third kappa shape index (κ3) is 2.94. The van der Waals surface area contributed by atoms with Crippen molar-refractivity contribution in [1.29, 1.82) is 0 Å². The maximum absolute atomic E-state index is 12.6. The highest BCUT2D eigenvalue weighted by Crippen LogP contribution is 2.47. The first-order valence-electron chi connectivity index (χ1n) is 8.20. The fourth-order valence-corrected chi connectivity index (χ4v) is 4.86. The van der Waals surface area contributed by atoms with Crippen molar-refractivity contribution in [3.8, 4) is 0 Å². The van der Waals surface area contributed by atoms with Crippen molar-refractivity contribution in [2.45, 2.75) is 54.6 Å². The van der Waals surface area contributed by atoms with E-state index in [2.05, 4.69) is 34.8 Å². The van der Waals surface area contributed by atoms with Crippen LogP contribution in [0.15, 0.2) is 30.3 Å². The molecule has 2 aliphatic rings. The van der Waals surface area contributed by atoms with Gasteiger partial charge in [-0.2, -0.15) is 0 Å². The SMILES string of the molecule is CN1C2CCC1(C)C(Br)C(OC(=O)[C@H](CO)c1ccccc1)C2. The number of piperidine rings is 1. The first-order valence-corrected chi connectivity index (χ1v) is 9.12. The van der Waals surface area contributed by atoms with Gasteiger partial charge < -0.3 is 9.84 Å². The molecule has 5 heteroatoms. The summed E-state index contributed by atoms with van der Waals surface area (Å²) in [5, 5.41) is 9.63. The number of alkyl halides is 1. The normalized spacial score (nSPS) is 35.0. The second kappa shape index (κ2) is 6.54. The second-order valence-corrected chi connectivity index (χ2v) is 7.91. The molecule has 23 heavy (non-hydrogen) atoms. The zero-order valence-corrected chi connectivity index (χ0v) is 15.2. The third-order valence-corrected chi connectivity index (χ3v) is 7.27. The first-order chi connectivity index (χ1) is 11.0. The van der Waals surface area contributed by atoms with E-state index in [-0.39, 0.29) is 29.0 Å². The van der Waals surface area contributed by atoms with Crippen molar-refractivity contribution in [3.63, 3.8) is 0 Å². The summed E-state index contributed by atoms with van der Waals surface area (Å²) in [5.74, 6) is -0.943. The highest BCUT2D eigenvalue weighted by molar-refractivity contribution is 9.09. The number of fused-ring (bicyclic) bond motifs is 2. The number of carbonyl (C=O) groups excluding carboxylic acids is 1. The Kier molecular flexibility index (Phi) is 4.81. The number of hydrogen-bond acceptors (Lipinski definition) is 4. The second-order valence-electron chi connectivity index (χ2n) is 6.92. The van der Waals surface area contributed by atoms with Crippen molar-refractivity contribution in [1.82, 2.24) is 4.90 Å². The lowest BCUT2D eigenvalue weighted by Gasteiger charge is -2.47. The number of hydrogen-bond donors (Lipinski definition) is 1. The molecule has 1 aromatic carbocycles. The van der Waals surface area contributed by atoms with Crippen LogP contribution >= 0.6 is 15.9 Å². The van der Waals surface area contributed by atoms with Crippen molar-refractivity contribution in [2.24, 2.45) is 0 Å². The molecule has 0 amide bonds. The van der Waals surface area contributed by atoms with Gasteiger partial charge in [0.2, 0.25) is 0 Å². The summed E-state index contributed by atoms with van der Waals surface area (Å²) in [6, 6.07) is 9.81. The minimum Gasteiger partial charge on any atom is -0.461 e. The van der Waals surface area contributed by atoms with E-state index in [1.54, 1.807) is 0 Å². The number of benzene rings is 1. The van der Waals surface area contributed by atoms with Crippen LogP contribution in [0.1, 0.15) is 37.7 Å². The van der Waals surface area contributed by atoms with Gasteiger partial charge in [0.25, 0.3) is 0 Å². The Bertz CT molecular complexity index is 567. The molecule has 4 unspecified atom stereocenters. The van der Waals surface area contributed by atoms with Crippen LogP contribution in [0.25, 0.3) is 0 Å². The molecule has 1 N–H and O–H groups in total. The van der Waals surface area contributed by atoms with Crippen LogP contribution in [0, 0.1) is 0 Å². The summed E-state index contributed by atoms with van der Waals surface area (Å²) in [4.78, 5) is 15.1. The topological polar surface area (TPSA) is 49.8 Å². The van der Waals surface area contributed by atoms with Gasteiger partial charge in [0, 0.05) is 18.0 Å². The van der Waals surface area contributed by atoms with E-state index < -0.39 is 5.92 Å². The molecule has 0 aromatic heterocycles. The van der Waals surface area contributed by atoms with Crippen LogP contribution in [-0.2, 0) is 9.53 Å². The van der Waals surface area contributed by atoms with Crippen molar-refractivity contribution >= 4 is 21.9 Å². The molecular formula is C18H24BrNO3. The van der Waals surface area contributed by atoms with E-state index in [0.717, 1.165) is 24.8 Å². The van der Waals surface area contributed by atoms with Crippen LogP contribution in [0.2, 0.25) is 0 Å². The largest absolute Gasteiger partial charge is 0.461 e. The van der Waals surface area contributed by atoms with E-state index in [9.17, 15) is 9.90 Å². The number of esters is 1. The van der Waals surface area contributed by atoms with Crippen LogP contribution in [0.4, 0.5) is 0 Å². The van der Waals surface area contributed by atoms with Gasteiger partial charge in [-0.3, -0.25) is 9.69 Å². The molecule has 2 bridgehead atoms. The molecule has 1 aromatic rings. The molecule has 2 fully saturated rings. The van der Waals surface area contributed by atoms with Gasteiger partial charge in [-0.1, -0.05) is 46.3 Å². The zero-order chi connectivity index (χ0) is 16.6. The number of aliphatic hydroxyl groups excluding tert-OH is 1. The van der Waals surface area contributed by atoms with Gasteiger partial charge >= 0.3 is 5.97 Å². The minimum atomic E-state index is -0.610. The molecule has 0 saturated carbocycles. The molecule has 0 aliphatic carbocycles. The Balaban J connectivity index is 1.73. The number of halogens is 1. The Hall–Kier alpha value is -0.910. The standard InChI is InChI=1S/C18H24BrNO3/c1-18-9-8-13(20(18)2)10-15(16(18)19)23-17(22)14(11-21)12-6-4-3-5-7-12/h3-7,13-16,21H,8-11H2,1-2H3/t13?,14-,15?,16?,18?/m1/s1. The number of rotatable bonds is 4. The predicted molar refractivity (Wildman–Crippen MR) is 92.7 cm³/mol. The monoisotopic (exact) mass is 381 g/mol. The van der Waals surface area contributed by atoms with Gasteiger partial charge in [-0.05, 0) is 32.4 Å². The molecule has 2 heterocycles. The quantitative estimate of drug-likeness (QED) is 0.643. The summed E-state index contributed by atoms with van der Waals surface area (Å²) in [6.45, 7) is 2.00. The maximum Gasteiger partial charge on any atom is 0.316 e. The lowest BCUT2D eigenvalue weighted by molar-refractivity contribution is -0.156. The molecule has 2 saturated heterocycles. The third-order valence-electron chi connectivity index (χ3n) is 5.70. The van der Waals surface area contributed by atoms with Crippen LogP contribution in [-0.4, -0.2) is 52.1 Å². The van der Waals surface area contributed by atoms with Crippen molar-refractivity contribution < 1.29 is 14.6 Å². The predicted octanol–water partition coefficient (Wildman–Crippen LogP) is 2.69. The molecular weight excluding hydrogens is 358 g/mol. The first kappa shape index (κ1) is 16.9. The molecule has 0 radical (unpaired) electrons. The molecule has 3 rings (SSSR count). The van der Waals surface area contributed by atoms with E-state index in [1.165, 1.54) is 0 Å². The summed E-state index contributed by atoms with van der Waals surface area (Å²) in [5.41, 5.74) is 0.822. The number of aliphatic hydroxyl groups is 1. The van der Waals surface area contributed by atoms with Crippen molar-refractivity contribution in [2.75, 3.05) is 13.7 Å². The lowest BCUT2D eigenvalue weighted by Crippen LogP contribution is -2.59. The van der Waals surface area contributed by atoms with Crippen LogP contribution in [0.5, 0.6) is 0 Å². The summed E-state index contributed by atoms with van der Waals surface area (Å²) in [7, 11) is 2.16. The van der Waals surface area contributed by atoms with E-state index >= 15 is 0 Å². The number of nitrogens with zero attached hydrogens (tertiary/aromatic N) is 1. The average Bonchev–Trinajstić information content (AvgIpc) is 2.77. The molecule has 126 valence electrons. The van der Waals surface area contributed by atoms with Gasteiger partial charge in [0.1, 0.15) is 12.0 Å². The Morgan fingerprint density at radius 3 is 2.83 bits per heavy atom. The molecule has 4 nitrogen and oxygen atoms in total. The highest BCUT2D eigenvalue weighted by Gasteiger charge is 2.54. The van der Waals surface area contributed by atoms with E-state index in [1.807, 2.05) is 30.3 Å². The summed E-state index contributed by atoms with van der Waals surface area (Å²) >= 11 is 3.78. The minimum absolute atomic E-state index is 0.0231. The van der Waals surface area contributed by atoms with E-state index in [0.29, 0.717) is 6.04 Å². The molecule has 5 atom stereocenters. The number of carbonyl (C=O) groups is 1. The van der Waals surface area contributed by atoms with Crippen LogP contribution < -0.4 is 0 Å². The van der Waals surface area contributed by atoms with Gasteiger partial charge in [0.15, 0.2) is 0 Å². The Labute approximate surface area is 145 Å². The van der Waals surface area contributed by atoms with Crippen LogP contribution in [0.3, 0.4) is 0 Å². The van der Waals surface area contributed by atoms with Gasteiger partial charge in [-0.25, -0.2) is 0 Å². The number of ether oxygens (including phenoxy) is 1. The Morgan fingerprint density at radius 1 is 1.48 bits per heavy atom. The fourth-order valence-electron chi connectivity index (χ4n) is 3.98. The highest BCUT2D eigenvalue weighted by atomic mass is 79.9. The zero-order valence-electron chi connectivity index (χ0n) is 13.6. The van der Waals surface area contributed by atoms with Crippen molar-refractivity contribution in [3.05, 3.63) is 35.9 Å². The Morgan fingerprint density at radius 2 is 2.17 bits per heavy atom.